The molecule has 12 rings (SSSR count). The molecule has 4 aliphatic rings. The number of hydrogen-bond acceptors (Lipinski definition) is 32. The van der Waals surface area contributed by atoms with Crippen molar-refractivity contribution in [2.75, 3.05) is 0 Å². The number of carbonyl (C=O) groups is 16. The van der Waals surface area contributed by atoms with Crippen molar-refractivity contribution in [1.82, 2.24) is 79.7 Å². The van der Waals surface area contributed by atoms with Crippen LogP contribution in [0, 0.1) is 47.3 Å². The van der Waals surface area contributed by atoms with Gasteiger partial charge in [-0.25, -0.2) is 39.9 Å². The number of imidazole rings is 8. The molecule has 0 spiro atoms. The highest BCUT2D eigenvalue weighted by Crippen LogP contribution is 2.35. The molecule has 8 heterocycles. The number of Topliss-reactive ketones (excluding diaryl/α,β-unsaturated/α-hetero) is 8. The monoisotopic (exact) mass is 1660 g/mol. The molecule has 40 heteroatoms. The fourth-order valence-corrected chi connectivity index (χ4v) is 13.5. The molecular weight excluding hydrogens is 1570 g/mol. The van der Waals surface area contributed by atoms with Gasteiger partial charge in [-0.3, -0.25) is 76.7 Å². The molecule has 120 heavy (non-hydrogen) atoms. The maximum absolute atomic E-state index is 12.4. The second-order valence-corrected chi connectivity index (χ2v) is 29.6. The number of carbonyl (C=O) groups excluding carboxylic acids is 16. The summed E-state index contributed by atoms with van der Waals surface area (Å²) >= 11 is 0. The van der Waals surface area contributed by atoms with Gasteiger partial charge in [-0.2, -0.15) is 0 Å². The molecular formula is C80H96N16O24. The SMILES string of the molecule is CC(=O)c1ncc(COC(=O)[C@@H]2CCC[C@H](C(=O)OCc3cnc(C(C)=O)[nH]3)C2)[nH]1.CC(=O)c1ncc(COC(=O)[C@@H]2CCC[C@H](C(=O)OCc3cnc(C(C)=O)[nH]3)C2)[nH]1.CC(=O)c1ncc(COC(=O)[C@@H]2CCC[C@H](C(=O)OCc3cnc(C(C)=O)[nH]3)C2)[nH]1.CC(=O)c1ncc(COC(=O)[C@@H]2CCC[C@H](C(=O)OCc3cnc(C(C)=O)[nH]3)C2)[nH]1. The van der Waals surface area contributed by atoms with Gasteiger partial charge < -0.3 is 77.8 Å². The summed E-state index contributed by atoms with van der Waals surface area (Å²) in [6.07, 6.45) is 21.1. The molecule has 0 aliphatic heterocycles. The van der Waals surface area contributed by atoms with Crippen molar-refractivity contribution in [1.29, 1.82) is 0 Å². The summed E-state index contributed by atoms with van der Waals surface area (Å²) in [4.78, 5) is 243. The van der Waals surface area contributed by atoms with Crippen LogP contribution in [0.2, 0.25) is 0 Å². The normalized spacial score (nSPS) is 18.6. The number of aromatic amines is 8. The molecule has 40 nitrogen and oxygen atoms in total. The summed E-state index contributed by atoms with van der Waals surface area (Å²) in [6, 6.07) is 0. The molecule has 4 fully saturated rings. The van der Waals surface area contributed by atoms with E-state index in [1.54, 1.807) is 0 Å². The first-order valence-electron chi connectivity index (χ1n) is 39.0. The van der Waals surface area contributed by atoms with Crippen molar-refractivity contribution in [2.24, 2.45) is 47.3 Å². The molecule has 0 bridgehead atoms. The Labute approximate surface area is 685 Å². The number of ketones is 8. The van der Waals surface area contributed by atoms with Crippen LogP contribution in [0.5, 0.6) is 0 Å². The van der Waals surface area contributed by atoms with E-state index >= 15 is 0 Å². The third kappa shape index (κ3) is 27.5. The molecule has 0 radical (unpaired) electrons. The van der Waals surface area contributed by atoms with E-state index in [9.17, 15) is 76.7 Å². The minimum absolute atomic E-state index is 0.0109. The lowest BCUT2D eigenvalue weighted by Crippen LogP contribution is -2.29. The molecule has 0 amide bonds. The van der Waals surface area contributed by atoms with E-state index in [1.807, 2.05) is 0 Å². The summed E-state index contributed by atoms with van der Waals surface area (Å²) < 4.78 is 42.6. The van der Waals surface area contributed by atoms with Gasteiger partial charge in [0.05, 0.1) is 142 Å². The van der Waals surface area contributed by atoms with E-state index in [1.165, 1.54) is 105 Å². The molecule has 640 valence electrons. The van der Waals surface area contributed by atoms with Gasteiger partial charge in [0.1, 0.15) is 52.9 Å². The van der Waals surface area contributed by atoms with Crippen molar-refractivity contribution in [3.05, 3.63) is 142 Å². The Morgan fingerprint density at radius 3 is 0.417 bits per heavy atom. The number of nitrogens with one attached hydrogen (secondary N) is 8. The molecule has 4 aliphatic carbocycles. The van der Waals surface area contributed by atoms with Crippen molar-refractivity contribution >= 4 is 94.0 Å². The Kier molecular flexibility index (Phi) is 33.1. The van der Waals surface area contributed by atoms with Gasteiger partial charge in [-0.05, 0) is 77.0 Å². The largest absolute Gasteiger partial charge is 0.459 e. The Balaban J connectivity index is 0.000000182. The topological polar surface area (TPSA) is 576 Å². The average Bonchev–Trinajstić information content (AvgIpc) is 0.960. The van der Waals surface area contributed by atoms with Gasteiger partial charge in [0, 0.05) is 55.4 Å². The fraction of sp³-hybridized carbons (Fsp3) is 0.500. The van der Waals surface area contributed by atoms with E-state index in [4.69, 9.17) is 37.9 Å². The van der Waals surface area contributed by atoms with Gasteiger partial charge in [-0.1, -0.05) is 25.7 Å². The Bertz CT molecular complexity index is 4100. The van der Waals surface area contributed by atoms with Crippen LogP contribution in [0.25, 0.3) is 0 Å². The zero-order valence-corrected chi connectivity index (χ0v) is 67.6. The zero-order chi connectivity index (χ0) is 86.7. The van der Waals surface area contributed by atoms with E-state index in [2.05, 4.69) is 79.7 Å². The number of nitrogens with zero attached hydrogens (tertiary/aromatic N) is 8. The number of ether oxygens (including phenoxy) is 8. The lowest BCUT2D eigenvalue weighted by atomic mass is 9.81. The van der Waals surface area contributed by atoms with Gasteiger partial charge in [0.2, 0.25) is 0 Å². The highest BCUT2D eigenvalue weighted by atomic mass is 16.6. The quantitative estimate of drug-likeness (QED) is 0.0111. The molecule has 0 unspecified atom stereocenters. The van der Waals surface area contributed by atoms with Gasteiger partial charge in [0.15, 0.2) is 92.9 Å². The fourth-order valence-electron chi connectivity index (χ4n) is 13.5. The van der Waals surface area contributed by atoms with Crippen molar-refractivity contribution < 1.29 is 115 Å². The smallest absolute Gasteiger partial charge is 0.309 e. The molecule has 0 aromatic carbocycles. The van der Waals surface area contributed by atoms with Gasteiger partial charge in [-0.15, -0.1) is 0 Å². The Morgan fingerprint density at radius 1 is 0.217 bits per heavy atom. The molecule has 8 aromatic heterocycles. The number of aromatic nitrogens is 16. The molecule has 8 atom stereocenters. The second-order valence-electron chi connectivity index (χ2n) is 29.6. The maximum Gasteiger partial charge on any atom is 0.309 e. The van der Waals surface area contributed by atoms with E-state index in [-0.39, 0.29) is 241 Å². The third-order valence-corrected chi connectivity index (χ3v) is 20.0. The summed E-state index contributed by atoms with van der Waals surface area (Å²) in [7, 11) is 0. The number of rotatable bonds is 32. The molecule has 8 N–H and O–H groups in total. The summed E-state index contributed by atoms with van der Waals surface area (Å²) in [5, 5.41) is 0. The van der Waals surface area contributed by atoms with Gasteiger partial charge >= 0.3 is 47.8 Å². The first kappa shape index (κ1) is 90.7. The van der Waals surface area contributed by atoms with Crippen LogP contribution in [-0.2, 0) is 129 Å². The minimum atomic E-state index is -0.386. The van der Waals surface area contributed by atoms with Crippen LogP contribution in [0.1, 0.15) is 289 Å². The minimum Gasteiger partial charge on any atom is -0.459 e. The third-order valence-electron chi connectivity index (χ3n) is 20.0. The maximum atomic E-state index is 12.4. The highest BCUT2D eigenvalue weighted by molar-refractivity contribution is 5.93. The zero-order valence-electron chi connectivity index (χ0n) is 67.6. The average molecular weight is 1670 g/mol. The second kappa shape index (κ2) is 43.8. The van der Waals surface area contributed by atoms with E-state index in [0.29, 0.717) is 123 Å². The standard InChI is InChI=1S/4C20H24N4O6/c4*1-11(25)17-21-7-15(23-17)9-29-19(27)13-4-3-5-14(6-13)20(28)30-10-16-8-22-18(24-16)12(2)26/h4*7-8,13-14H,3-6,9-10H2,1-2H3,(H,21,23)(H,22,24)/t4*13-,14+. The van der Waals surface area contributed by atoms with Crippen LogP contribution in [0.4, 0.5) is 0 Å². The predicted octanol–water partition coefficient (Wildman–Crippen LogP) is 8.52. The van der Waals surface area contributed by atoms with Crippen LogP contribution < -0.4 is 0 Å². The first-order chi connectivity index (χ1) is 57.3. The van der Waals surface area contributed by atoms with Crippen LogP contribution >= 0.6 is 0 Å². The number of esters is 8. The summed E-state index contributed by atoms with van der Waals surface area (Å²) in [5.74, 6) is -6.02. The number of hydrogen-bond donors (Lipinski definition) is 8. The van der Waals surface area contributed by atoms with Crippen LogP contribution in [-0.4, -0.2) is 174 Å². The van der Waals surface area contributed by atoms with Crippen molar-refractivity contribution in [2.45, 2.75) is 211 Å². The van der Waals surface area contributed by atoms with Crippen molar-refractivity contribution in [3.8, 4) is 0 Å². The van der Waals surface area contributed by atoms with Crippen LogP contribution in [0.15, 0.2) is 49.6 Å². The van der Waals surface area contributed by atoms with E-state index in [0.717, 1.165) is 25.7 Å². The Hall–Kier alpha value is -13.2. The van der Waals surface area contributed by atoms with Gasteiger partial charge in [0.25, 0.3) is 0 Å². The molecule has 0 saturated heterocycles. The molecule has 8 aromatic rings. The first-order valence-corrected chi connectivity index (χ1v) is 39.0. The summed E-state index contributed by atoms with van der Waals surface area (Å²) in [5.41, 5.74) is 4.26. The highest BCUT2D eigenvalue weighted by Gasteiger charge is 2.38. The van der Waals surface area contributed by atoms with Crippen molar-refractivity contribution in [3.63, 3.8) is 0 Å². The lowest BCUT2D eigenvalue weighted by molar-refractivity contribution is -0.158. The lowest BCUT2D eigenvalue weighted by Gasteiger charge is -2.26. The molecule has 4 saturated carbocycles. The predicted molar refractivity (Wildman–Crippen MR) is 409 cm³/mol. The summed E-state index contributed by atoms with van der Waals surface area (Å²) in [6.45, 7) is 11.1. The Morgan fingerprint density at radius 2 is 0.325 bits per heavy atom. The van der Waals surface area contributed by atoms with E-state index < -0.39 is 0 Å². The van der Waals surface area contributed by atoms with Crippen LogP contribution in [0.3, 0.4) is 0 Å². The number of H-pyrrole nitrogens is 8.